The summed E-state index contributed by atoms with van der Waals surface area (Å²) in [6.45, 7) is 7.01. The Hall–Kier alpha value is -0.0800. The van der Waals surface area contributed by atoms with Gasteiger partial charge in [-0.15, -0.1) is 0 Å². The summed E-state index contributed by atoms with van der Waals surface area (Å²) in [6.07, 6.45) is 9.10. The molecule has 0 bridgehead atoms. The van der Waals surface area contributed by atoms with E-state index in [4.69, 9.17) is 5.73 Å². The molecule has 1 fully saturated rings. The van der Waals surface area contributed by atoms with Crippen LogP contribution in [0.25, 0.3) is 0 Å². The third kappa shape index (κ3) is 5.53. The van der Waals surface area contributed by atoms with Gasteiger partial charge in [0.05, 0.1) is 0 Å². The monoisotopic (exact) mass is 212 g/mol. The summed E-state index contributed by atoms with van der Waals surface area (Å²) in [6, 6.07) is 1.34. The third-order valence-corrected chi connectivity index (χ3v) is 3.31. The number of unbranched alkanes of at least 4 members (excludes halogenated alkanes) is 1. The minimum atomic E-state index is 0.429. The van der Waals surface area contributed by atoms with Gasteiger partial charge in [0.15, 0.2) is 0 Å². The molecule has 1 unspecified atom stereocenters. The first-order chi connectivity index (χ1) is 7.27. The fourth-order valence-electron chi connectivity index (χ4n) is 2.12. The molecule has 0 amide bonds. The van der Waals surface area contributed by atoms with Gasteiger partial charge >= 0.3 is 0 Å². The molecule has 0 saturated heterocycles. The minimum Gasteiger partial charge on any atom is -0.328 e. The molecule has 0 spiro atoms. The van der Waals surface area contributed by atoms with Crippen molar-refractivity contribution in [2.75, 3.05) is 13.1 Å². The predicted octanol–water partition coefficient (Wildman–Crippen LogP) is 2.77. The molecular weight excluding hydrogens is 184 g/mol. The molecule has 15 heavy (non-hydrogen) atoms. The molecule has 0 aromatic rings. The topological polar surface area (TPSA) is 29.3 Å². The van der Waals surface area contributed by atoms with Crippen LogP contribution in [0.15, 0.2) is 0 Å². The summed E-state index contributed by atoms with van der Waals surface area (Å²) >= 11 is 0. The summed E-state index contributed by atoms with van der Waals surface area (Å²) in [5.41, 5.74) is 6.06. The van der Waals surface area contributed by atoms with Crippen molar-refractivity contribution in [3.63, 3.8) is 0 Å². The van der Waals surface area contributed by atoms with Gasteiger partial charge in [-0.05, 0) is 45.2 Å². The quantitative estimate of drug-likeness (QED) is 0.637. The van der Waals surface area contributed by atoms with Gasteiger partial charge in [-0.2, -0.15) is 0 Å². The highest BCUT2D eigenvalue weighted by Gasteiger charge is 2.28. The van der Waals surface area contributed by atoms with Gasteiger partial charge in [0, 0.05) is 12.1 Å². The summed E-state index contributed by atoms with van der Waals surface area (Å²) in [7, 11) is 0. The zero-order valence-corrected chi connectivity index (χ0v) is 10.5. The molecule has 90 valence electrons. The first-order valence-electron chi connectivity index (χ1n) is 6.77. The molecule has 2 N–H and O–H groups in total. The van der Waals surface area contributed by atoms with E-state index in [0.29, 0.717) is 6.04 Å². The van der Waals surface area contributed by atoms with Gasteiger partial charge in [0.25, 0.3) is 0 Å². The van der Waals surface area contributed by atoms with Crippen LogP contribution >= 0.6 is 0 Å². The lowest BCUT2D eigenvalue weighted by Gasteiger charge is -2.23. The lowest BCUT2D eigenvalue weighted by molar-refractivity contribution is 0.247. The Morgan fingerprint density at radius 1 is 1.13 bits per heavy atom. The average Bonchev–Trinajstić information content (AvgIpc) is 3.02. The van der Waals surface area contributed by atoms with Crippen molar-refractivity contribution in [1.82, 2.24) is 4.90 Å². The molecule has 0 aromatic carbocycles. The van der Waals surface area contributed by atoms with Crippen molar-refractivity contribution < 1.29 is 0 Å². The molecule has 1 aliphatic rings. The summed E-state index contributed by atoms with van der Waals surface area (Å²) in [5.74, 6) is 0. The SMILES string of the molecule is CCCCN(CCC(N)CCC)C1CC1. The zero-order valence-electron chi connectivity index (χ0n) is 10.5. The second kappa shape index (κ2) is 7.24. The van der Waals surface area contributed by atoms with Crippen molar-refractivity contribution >= 4 is 0 Å². The lowest BCUT2D eigenvalue weighted by atomic mass is 10.1. The van der Waals surface area contributed by atoms with Crippen LogP contribution in [0.5, 0.6) is 0 Å². The molecule has 0 aliphatic heterocycles. The van der Waals surface area contributed by atoms with Crippen molar-refractivity contribution in [1.29, 1.82) is 0 Å². The van der Waals surface area contributed by atoms with Crippen molar-refractivity contribution in [2.45, 2.75) is 70.9 Å². The smallest absolute Gasteiger partial charge is 0.00964 e. The van der Waals surface area contributed by atoms with E-state index in [1.807, 2.05) is 0 Å². The fourth-order valence-corrected chi connectivity index (χ4v) is 2.12. The van der Waals surface area contributed by atoms with Crippen LogP contribution in [0.2, 0.25) is 0 Å². The van der Waals surface area contributed by atoms with Crippen LogP contribution in [0.1, 0.15) is 58.8 Å². The minimum absolute atomic E-state index is 0.429. The standard InChI is InChI=1S/C13H28N2/c1-3-5-10-15(13-7-8-13)11-9-12(14)6-4-2/h12-13H,3-11,14H2,1-2H3. The third-order valence-electron chi connectivity index (χ3n) is 3.31. The van der Waals surface area contributed by atoms with E-state index in [1.165, 1.54) is 58.0 Å². The highest BCUT2D eigenvalue weighted by atomic mass is 15.2. The van der Waals surface area contributed by atoms with Crippen LogP contribution in [-0.2, 0) is 0 Å². The highest BCUT2D eigenvalue weighted by Crippen LogP contribution is 2.27. The van der Waals surface area contributed by atoms with Gasteiger partial charge in [-0.25, -0.2) is 0 Å². The van der Waals surface area contributed by atoms with Crippen LogP contribution in [0.4, 0.5) is 0 Å². The Bertz CT molecular complexity index is 155. The maximum Gasteiger partial charge on any atom is 0.00964 e. The van der Waals surface area contributed by atoms with E-state index in [0.717, 1.165) is 6.04 Å². The number of hydrogen-bond donors (Lipinski definition) is 1. The fraction of sp³-hybridized carbons (Fsp3) is 1.00. The van der Waals surface area contributed by atoms with Crippen molar-refractivity contribution in [3.8, 4) is 0 Å². The van der Waals surface area contributed by atoms with Crippen LogP contribution in [0, 0.1) is 0 Å². The summed E-state index contributed by atoms with van der Waals surface area (Å²) in [5, 5.41) is 0. The second-order valence-electron chi connectivity index (χ2n) is 4.96. The van der Waals surface area contributed by atoms with E-state index < -0.39 is 0 Å². The molecule has 1 rings (SSSR count). The number of hydrogen-bond acceptors (Lipinski definition) is 2. The molecule has 0 aromatic heterocycles. The Kier molecular flexibility index (Phi) is 6.26. The van der Waals surface area contributed by atoms with Crippen LogP contribution < -0.4 is 5.73 Å². The lowest BCUT2D eigenvalue weighted by Crippen LogP contribution is -2.32. The van der Waals surface area contributed by atoms with Gasteiger partial charge < -0.3 is 10.6 Å². The summed E-state index contributed by atoms with van der Waals surface area (Å²) in [4.78, 5) is 2.67. The number of rotatable bonds is 9. The molecule has 1 saturated carbocycles. The van der Waals surface area contributed by atoms with E-state index >= 15 is 0 Å². The largest absolute Gasteiger partial charge is 0.328 e. The van der Waals surface area contributed by atoms with E-state index in [1.54, 1.807) is 0 Å². The van der Waals surface area contributed by atoms with Crippen LogP contribution in [-0.4, -0.2) is 30.1 Å². The molecule has 2 nitrogen and oxygen atoms in total. The first-order valence-corrected chi connectivity index (χ1v) is 6.77. The molecule has 1 atom stereocenters. The predicted molar refractivity (Wildman–Crippen MR) is 67.0 cm³/mol. The number of nitrogens with two attached hydrogens (primary N) is 1. The Morgan fingerprint density at radius 3 is 2.40 bits per heavy atom. The number of nitrogens with zero attached hydrogens (tertiary/aromatic N) is 1. The average molecular weight is 212 g/mol. The maximum absolute atomic E-state index is 6.06. The van der Waals surface area contributed by atoms with E-state index in [2.05, 4.69) is 18.7 Å². The first kappa shape index (κ1) is 13.0. The molecule has 0 radical (unpaired) electrons. The second-order valence-corrected chi connectivity index (χ2v) is 4.96. The van der Waals surface area contributed by atoms with Crippen LogP contribution in [0.3, 0.4) is 0 Å². The van der Waals surface area contributed by atoms with Gasteiger partial charge in [0.2, 0.25) is 0 Å². The normalized spacial score (nSPS) is 18.4. The molecule has 1 aliphatic carbocycles. The molecule has 2 heteroatoms. The van der Waals surface area contributed by atoms with E-state index in [9.17, 15) is 0 Å². The molecular formula is C13H28N2. The molecule has 0 heterocycles. The van der Waals surface area contributed by atoms with E-state index in [-0.39, 0.29) is 0 Å². The van der Waals surface area contributed by atoms with Gasteiger partial charge in [-0.3, -0.25) is 0 Å². The van der Waals surface area contributed by atoms with Crippen molar-refractivity contribution in [3.05, 3.63) is 0 Å². The van der Waals surface area contributed by atoms with Gasteiger partial charge in [0.1, 0.15) is 0 Å². The zero-order chi connectivity index (χ0) is 11.1. The van der Waals surface area contributed by atoms with Crippen molar-refractivity contribution in [2.24, 2.45) is 5.73 Å². The Labute approximate surface area is 95.2 Å². The highest BCUT2D eigenvalue weighted by molar-refractivity contribution is 4.84. The maximum atomic E-state index is 6.06. The Morgan fingerprint density at radius 2 is 1.87 bits per heavy atom. The summed E-state index contributed by atoms with van der Waals surface area (Å²) < 4.78 is 0. The van der Waals surface area contributed by atoms with Gasteiger partial charge in [-0.1, -0.05) is 26.7 Å². The Balaban J connectivity index is 2.13.